The zero-order chi connectivity index (χ0) is 18.0. The molecular formula is C19H18N2O4. The molecule has 0 saturated heterocycles. The lowest BCUT2D eigenvalue weighted by Gasteiger charge is -2.13. The van der Waals surface area contributed by atoms with Crippen molar-refractivity contribution in [2.24, 2.45) is 0 Å². The van der Waals surface area contributed by atoms with Gasteiger partial charge in [-0.25, -0.2) is 0 Å². The fourth-order valence-corrected chi connectivity index (χ4v) is 2.80. The molecule has 2 aromatic carbocycles. The molecule has 3 rings (SSSR count). The minimum absolute atomic E-state index is 0.000650. The van der Waals surface area contributed by atoms with Crippen molar-refractivity contribution in [2.75, 3.05) is 11.9 Å². The number of phenols is 1. The quantitative estimate of drug-likeness (QED) is 0.648. The van der Waals surface area contributed by atoms with Crippen LogP contribution in [0.2, 0.25) is 0 Å². The van der Waals surface area contributed by atoms with Crippen molar-refractivity contribution in [3.63, 3.8) is 0 Å². The molecule has 2 N–H and O–H groups in total. The standard InChI is InChI=1S/C19H18N2O4/c1-12-8-9-16(22)15(11-12)20-17(23)7-4-10-21-18(24)13-5-2-3-6-14(13)19(21)25/h2-3,5-6,8-9,11,22H,4,7,10H2,1H3,(H,20,23). The maximum absolute atomic E-state index is 12.2. The highest BCUT2D eigenvalue weighted by molar-refractivity contribution is 6.21. The summed E-state index contributed by atoms with van der Waals surface area (Å²) in [7, 11) is 0. The smallest absolute Gasteiger partial charge is 0.261 e. The summed E-state index contributed by atoms with van der Waals surface area (Å²) in [5, 5.41) is 12.4. The van der Waals surface area contributed by atoms with Crippen LogP contribution in [-0.2, 0) is 4.79 Å². The van der Waals surface area contributed by atoms with E-state index in [1.54, 1.807) is 36.4 Å². The highest BCUT2D eigenvalue weighted by Crippen LogP contribution is 2.25. The molecule has 0 saturated carbocycles. The normalized spacial score (nSPS) is 13.1. The molecule has 2 aromatic rings. The van der Waals surface area contributed by atoms with E-state index >= 15 is 0 Å². The molecule has 25 heavy (non-hydrogen) atoms. The number of anilines is 1. The van der Waals surface area contributed by atoms with Crippen LogP contribution >= 0.6 is 0 Å². The van der Waals surface area contributed by atoms with Crippen molar-refractivity contribution in [1.29, 1.82) is 0 Å². The topological polar surface area (TPSA) is 86.7 Å². The van der Waals surface area contributed by atoms with Crippen molar-refractivity contribution >= 4 is 23.4 Å². The Labute approximate surface area is 145 Å². The van der Waals surface area contributed by atoms with Crippen LogP contribution in [0.4, 0.5) is 5.69 Å². The number of aromatic hydroxyl groups is 1. The van der Waals surface area contributed by atoms with E-state index in [9.17, 15) is 19.5 Å². The summed E-state index contributed by atoms with van der Waals surface area (Å²) < 4.78 is 0. The third kappa shape index (κ3) is 3.38. The van der Waals surface area contributed by atoms with E-state index < -0.39 is 0 Å². The predicted octanol–water partition coefficient (Wildman–Crippen LogP) is 2.72. The SMILES string of the molecule is Cc1ccc(O)c(NC(=O)CCCN2C(=O)c3ccccc3C2=O)c1. The van der Waals surface area contributed by atoms with Crippen molar-refractivity contribution in [1.82, 2.24) is 4.90 Å². The second-order valence-corrected chi connectivity index (χ2v) is 5.98. The number of imide groups is 1. The Morgan fingerprint density at radius 1 is 1.08 bits per heavy atom. The summed E-state index contributed by atoms with van der Waals surface area (Å²) >= 11 is 0. The van der Waals surface area contributed by atoms with Crippen molar-refractivity contribution in [3.8, 4) is 5.75 Å². The van der Waals surface area contributed by atoms with Gasteiger partial charge in [0.25, 0.3) is 11.8 Å². The van der Waals surface area contributed by atoms with Gasteiger partial charge in [0.2, 0.25) is 5.91 Å². The van der Waals surface area contributed by atoms with E-state index in [0.29, 0.717) is 23.2 Å². The van der Waals surface area contributed by atoms with Gasteiger partial charge >= 0.3 is 0 Å². The molecule has 0 spiro atoms. The Hall–Kier alpha value is -3.15. The molecule has 0 atom stereocenters. The van der Waals surface area contributed by atoms with Crippen LogP contribution in [0.15, 0.2) is 42.5 Å². The second kappa shape index (κ2) is 6.76. The van der Waals surface area contributed by atoms with Crippen LogP contribution in [0, 0.1) is 6.92 Å². The Bertz CT molecular complexity index is 825. The number of hydrogen-bond donors (Lipinski definition) is 2. The summed E-state index contributed by atoms with van der Waals surface area (Å²) in [6.07, 6.45) is 0.491. The summed E-state index contributed by atoms with van der Waals surface area (Å²) in [6, 6.07) is 11.6. The number of fused-ring (bicyclic) bond motifs is 1. The van der Waals surface area contributed by atoms with Crippen LogP contribution in [0.25, 0.3) is 0 Å². The number of hydrogen-bond acceptors (Lipinski definition) is 4. The third-order valence-electron chi connectivity index (χ3n) is 4.09. The highest BCUT2D eigenvalue weighted by Gasteiger charge is 2.34. The lowest BCUT2D eigenvalue weighted by molar-refractivity contribution is -0.116. The van der Waals surface area contributed by atoms with Crippen molar-refractivity contribution in [3.05, 3.63) is 59.2 Å². The van der Waals surface area contributed by atoms with Gasteiger partial charge in [0, 0.05) is 13.0 Å². The number of carbonyl (C=O) groups is 3. The maximum atomic E-state index is 12.2. The maximum Gasteiger partial charge on any atom is 0.261 e. The van der Waals surface area contributed by atoms with Gasteiger partial charge in [0.1, 0.15) is 5.75 Å². The predicted molar refractivity (Wildman–Crippen MR) is 92.5 cm³/mol. The van der Waals surface area contributed by atoms with Crippen LogP contribution in [0.1, 0.15) is 39.1 Å². The minimum atomic E-state index is -0.322. The monoisotopic (exact) mass is 338 g/mol. The Morgan fingerprint density at radius 2 is 1.72 bits per heavy atom. The molecule has 0 bridgehead atoms. The molecule has 0 aromatic heterocycles. The summed E-state index contributed by atoms with van der Waals surface area (Å²) in [5.41, 5.74) is 2.08. The summed E-state index contributed by atoms with van der Waals surface area (Å²) in [6.45, 7) is 2.04. The first kappa shape index (κ1) is 16.7. The molecule has 1 heterocycles. The largest absolute Gasteiger partial charge is 0.506 e. The van der Waals surface area contributed by atoms with Gasteiger partial charge in [0.05, 0.1) is 16.8 Å². The molecule has 3 amide bonds. The first-order chi connectivity index (χ1) is 12.0. The van der Waals surface area contributed by atoms with Gasteiger partial charge < -0.3 is 10.4 Å². The fraction of sp³-hybridized carbons (Fsp3) is 0.211. The third-order valence-corrected chi connectivity index (χ3v) is 4.09. The van der Waals surface area contributed by atoms with Crippen LogP contribution in [0.5, 0.6) is 5.75 Å². The van der Waals surface area contributed by atoms with Gasteiger partial charge in [-0.3, -0.25) is 19.3 Å². The zero-order valence-electron chi connectivity index (χ0n) is 13.8. The van der Waals surface area contributed by atoms with E-state index in [2.05, 4.69) is 5.32 Å². The number of nitrogens with one attached hydrogen (secondary N) is 1. The van der Waals surface area contributed by atoms with Crippen molar-refractivity contribution in [2.45, 2.75) is 19.8 Å². The number of phenolic OH excluding ortho intramolecular Hbond substituents is 1. The van der Waals surface area contributed by atoms with E-state index in [1.807, 2.05) is 6.92 Å². The molecule has 0 unspecified atom stereocenters. The van der Waals surface area contributed by atoms with Crippen LogP contribution in [-0.4, -0.2) is 34.3 Å². The molecule has 6 nitrogen and oxygen atoms in total. The highest BCUT2D eigenvalue weighted by atomic mass is 16.3. The van der Waals surface area contributed by atoms with E-state index in [0.717, 1.165) is 5.56 Å². The Balaban J connectivity index is 1.55. The summed E-state index contributed by atoms with van der Waals surface area (Å²) in [4.78, 5) is 37.6. The molecular weight excluding hydrogens is 320 g/mol. The zero-order valence-corrected chi connectivity index (χ0v) is 13.8. The number of carbonyl (C=O) groups excluding carboxylic acids is 3. The van der Waals surface area contributed by atoms with Gasteiger partial charge in [-0.2, -0.15) is 0 Å². The van der Waals surface area contributed by atoms with Crippen molar-refractivity contribution < 1.29 is 19.5 Å². The van der Waals surface area contributed by atoms with Crippen LogP contribution in [0.3, 0.4) is 0 Å². The van der Waals surface area contributed by atoms with Gasteiger partial charge in [0.15, 0.2) is 0 Å². The average molecular weight is 338 g/mol. The molecule has 128 valence electrons. The molecule has 1 aliphatic rings. The number of benzene rings is 2. The van der Waals surface area contributed by atoms with Gasteiger partial charge in [-0.15, -0.1) is 0 Å². The first-order valence-corrected chi connectivity index (χ1v) is 8.02. The fourth-order valence-electron chi connectivity index (χ4n) is 2.80. The average Bonchev–Trinajstić information content (AvgIpc) is 2.83. The Morgan fingerprint density at radius 3 is 2.36 bits per heavy atom. The number of amides is 3. The Kier molecular flexibility index (Phi) is 4.52. The molecule has 0 radical (unpaired) electrons. The molecule has 0 fully saturated rings. The van der Waals surface area contributed by atoms with E-state index in [-0.39, 0.29) is 36.4 Å². The number of aryl methyl sites for hydroxylation is 1. The van der Waals surface area contributed by atoms with E-state index in [1.165, 1.54) is 11.0 Å². The number of rotatable bonds is 5. The van der Waals surface area contributed by atoms with Crippen LogP contribution < -0.4 is 5.32 Å². The molecule has 0 aliphatic carbocycles. The first-order valence-electron chi connectivity index (χ1n) is 8.02. The molecule has 1 aliphatic heterocycles. The lowest BCUT2D eigenvalue weighted by atomic mass is 10.1. The lowest BCUT2D eigenvalue weighted by Crippen LogP contribution is -2.31. The second-order valence-electron chi connectivity index (χ2n) is 5.98. The minimum Gasteiger partial charge on any atom is -0.506 e. The van der Waals surface area contributed by atoms with E-state index in [4.69, 9.17) is 0 Å². The number of nitrogens with zero attached hydrogens (tertiary/aromatic N) is 1. The van der Waals surface area contributed by atoms with Gasteiger partial charge in [-0.05, 0) is 43.2 Å². The van der Waals surface area contributed by atoms with Gasteiger partial charge in [-0.1, -0.05) is 18.2 Å². The molecule has 6 heteroatoms. The summed E-state index contributed by atoms with van der Waals surface area (Å²) in [5.74, 6) is -0.925.